The minimum Gasteiger partial charge on any atom is -0.385 e. The van der Waals surface area contributed by atoms with Crippen LogP contribution in [0.4, 0.5) is 13.2 Å². The van der Waals surface area contributed by atoms with Gasteiger partial charge in [0, 0.05) is 29.7 Å². The van der Waals surface area contributed by atoms with E-state index in [1.165, 1.54) is 6.07 Å². The van der Waals surface area contributed by atoms with Crippen LogP contribution in [0.3, 0.4) is 0 Å². The van der Waals surface area contributed by atoms with Gasteiger partial charge in [-0.15, -0.1) is 0 Å². The first-order valence-electron chi connectivity index (χ1n) is 11.5. The molecule has 10 heteroatoms. The Morgan fingerprint density at radius 2 is 1.74 bits per heavy atom. The smallest absolute Gasteiger partial charge is 0.385 e. The number of benzene rings is 2. The Morgan fingerprint density at radius 3 is 2.31 bits per heavy atom. The molecule has 0 unspecified atom stereocenters. The Balaban J connectivity index is 1.39. The van der Waals surface area contributed by atoms with E-state index in [0.29, 0.717) is 43.8 Å². The molecule has 2 aromatic carbocycles. The maximum atomic E-state index is 13.1. The first kappa shape index (κ1) is 25.5. The van der Waals surface area contributed by atoms with Crippen molar-refractivity contribution in [3.63, 3.8) is 0 Å². The number of amides is 2. The van der Waals surface area contributed by atoms with E-state index in [1.54, 1.807) is 17.0 Å². The van der Waals surface area contributed by atoms with Gasteiger partial charge in [-0.05, 0) is 61.6 Å². The minimum absolute atomic E-state index is 0.0281. The zero-order chi connectivity index (χ0) is 25.2. The Bertz CT molecular complexity index is 1070. The molecule has 1 heterocycles. The predicted octanol–water partition coefficient (Wildman–Crippen LogP) is 3.72. The second-order valence-electron chi connectivity index (χ2n) is 9.14. The molecule has 188 valence electrons. The highest BCUT2D eigenvalue weighted by atomic mass is 35.5. The van der Waals surface area contributed by atoms with Crippen LogP contribution in [0, 0.1) is 0 Å². The van der Waals surface area contributed by atoms with E-state index in [1.807, 2.05) is 12.1 Å². The van der Waals surface area contributed by atoms with Gasteiger partial charge < -0.3 is 20.6 Å². The molecule has 2 fully saturated rings. The van der Waals surface area contributed by atoms with Crippen LogP contribution in [-0.4, -0.2) is 53.5 Å². The van der Waals surface area contributed by atoms with Crippen LogP contribution in [-0.2, 0) is 16.6 Å². The molecular weight excluding hydrogens is 483 g/mol. The third kappa shape index (κ3) is 5.79. The summed E-state index contributed by atoms with van der Waals surface area (Å²) in [6.07, 6.45) is -2.44. The average Bonchev–Trinajstić information content (AvgIpc) is 2.80. The molecular formula is C25H27ClF3N3O3. The second kappa shape index (κ2) is 10.2. The van der Waals surface area contributed by atoms with Gasteiger partial charge in [0.2, 0.25) is 5.91 Å². The summed E-state index contributed by atoms with van der Waals surface area (Å²) in [7, 11) is 0. The van der Waals surface area contributed by atoms with Crippen molar-refractivity contribution in [2.24, 2.45) is 0 Å². The molecule has 3 N–H and O–H groups in total. The van der Waals surface area contributed by atoms with Crippen LogP contribution in [0.15, 0.2) is 48.5 Å². The van der Waals surface area contributed by atoms with Gasteiger partial charge in [0.15, 0.2) is 0 Å². The molecule has 4 rings (SSSR count). The highest BCUT2D eigenvalue weighted by Crippen LogP contribution is 2.39. The van der Waals surface area contributed by atoms with Gasteiger partial charge in [-0.3, -0.25) is 9.59 Å². The number of alkyl halides is 3. The highest BCUT2D eigenvalue weighted by Gasteiger charge is 2.41. The summed E-state index contributed by atoms with van der Waals surface area (Å²) in [5.74, 6) is -1.03. The topological polar surface area (TPSA) is 81.7 Å². The lowest BCUT2D eigenvalue weighted by atomic mass is 9.77. The lowest BCUT2D eigenvalue weighted by molar-refractivity contribution is -0.139. The van der Waals surface area contributed by atoms with Crippen molar-refractivity contribution < 1.29 is 27.9 Å². The standard InChI is InChI=1S/C25H27ClF3N3O3/c26-19-6-4-17(5-7-19)24(35)10-8-20(9-11-24)32(21-13-30-14-21)22(33)15-31-23(34)16-2-1-3-18(12-16)25(27,28)29/h1-7,12,20-21,30,35H,8-11,13-15H2,(H,31,34). The van der Waals surface area contributed by atoms with Crippen molar-refractivity contribution in [3.05, 3.63) is 70.2 Å². The fraction of sp³-hybridized carbons (Fsp3) is 0.440. The minimum atomic E-state index is -4.56. The van der Waals surface area contributed by atoms with E-state index in [4.69, 9.17) is 11.6 Å². The van der Waals surface area contributed by atoms with Crippen LogP contribution < -0.4 is 10.6 Å². The van der Waals surface area contributed by atoms with Crippen LogP contribution in [0.2, 0.25) is 5.02 Å². The summed E-state index contributed by atoms with van der Waals surface area (Å²) < 4.78 is 38.8. The summed E-state index contributed by atoms with van der Waals surface area (Å²) in [6, 6.07) is 11.1. The fourth-order valence-electron chi connectivity index (χ4n) is 4.77. The number of nitrogens with one attached hydrogen (secondary N) is 2. The first-order valence-corrected chi connectivity index (χ1v) is 11.9. The molecule has 2 aliphatic rings. The normalized spacial score (nSPS) is 22.8. The van der Waals surface area contributed by atoms with E-state index < -0.39 is 23.2 Å². The molecule has 2 aromatic rings. The molecule has 1 saturated carbocycles. The number of nitrogens with zero attached hydrogens (tertiary/aromatic N) is 1. The number of hydrogen-bond acceptors (Lipinski definition) is 4. The Kier molecular flexibility index (Phi) is 7.40. The van der Waals surface area contributed by atoms with Crippen LogP contribution in [0.1, 0.15) is 47.2 Å². The Labute approximate surface area is 206 Å². The van der Waals surface area contributed by atoms with Gasteiger partial charge in [-0.1, -0.05) is 29.8 Å². The SMILES string of the molecule is O=C(NCC(=O)N(C1CCC(O)(c2ccc(Cl)cc2)CC1)C1CNC1)c1cccc(C(F)(F)F)c1. The van der Waals surface area contributed by atoms with Gasteiger partial charge in [-0.2, -0.15) is 13.2 Å². The van der Waals surface area contributed by atoms with Crippen molar-refractivity contribution in [2.45, 2.75) is 49.5 Å². The average molecular weight is 510 g/mol. The zero-order valence-corrected chi connectivity index (χ0v) is 19.7. The number of halogens is 4. The van der Waals surface area contributed by atoms with Crippen molar-refractivity contribution >= 4 is 23.4 Å². The summed E-state index contributed by atoms with van der Waals surface area (Å²) in [4.78, 5) is 27.3. The van der Waals surface area contributed by atoms with Gasteiger partial charge in [-0.25, -0.2) is 0 Å². The van der Waals surface area contributed by atoms with Gasteiger partial charge in [0.05, 0.1) is 23.8 Å². The molecule has 1 saturated heterocycles. The van der Waals surface area contributed by atoms with Crippen molar-refractivity contribution in [1.82, 2.24) is 15.5 Å². The van der Waals surface area contributed by atoms with E-state index >= 15 is 0 Å². The lowest BCUT2D eigenvalue weighted by Crippen LogP contribution is -2.63. The first-order chi connectivity index (χ1) is 16.6. The maximum absolute atomic E-state index is 13.1. The third-order valence-corrected chi connectivity index (χ3v) is 7.10. The monoisotopic (exact) mass is 509 g/mol. The molecule has 6 nitrogen and oxygen atoms in total. The summed E-state index contributed by atoms with van der Waals surface area (Å²) in [6.45, 7) is 0.945. The van der Waals surface area contributed by atoms with Gasteiger partial charge in [0.1, 0.15) is 0 Å². The highest BCUT2D eigenvalue weighted by molar-refractivity contribution is 6.30. The Hall–Kier alpha value is -2.62. The van der Waals surface area contributed by atoms with Crippen molar-refractivity contribution in [2.75, 3.05) is 19.6 Å². The third-order valence-electron chi connectivity index (χ3n) is 6.85. The van der Waals surface area contributed by atoms with Crippen molar-refractivity contribution in [3.8, 4) is 0 Å². The number of carbonyl (C=O) groups excluding carboxylic acids is 2. The molecule has 35 heavy (non-hydrogen) atoms. The number of hydrogen-bond donors (Lipinski definition) is 3. The van der Waals surface area contributed by atoms with Gasteiger partial charge in [0.25, 0.3) is 5.91 Å². The molecule has 2 amide bonds. The molecule has 1 aliphatic heterocycles. The summed E-state index contributed by atoms with van der Waals surface area (Å²) >= 11 is 5.96. The summed E-state index contributed by atoms with van der Waals surface area (Å²) in [5, 5.41) is 17.4. The summed E-state index contributed by atoms with van der Waals surface area (Å²) in [5.41, 5.74) is -1.29. The molecule has 0 atom stereocenters. The number of aliphatic hydroxyl groups is 1. The molecule has 1 aliphatic carbocycles. The lowest BCUT2D eigenvalue weighted by Gasteiger charge is -2.47. The van der Waals surface area contributed by atoms with Gasteiger partial charge >= 0.3 is 6.18 Å². The molecule has 0 aromatic heterocycles. The van der Waals surface area contributed by atoms with E-state index in [9.17, 15) is 27.9 Å². The quantitative estimate of drug-likeness (QED) is 0.554. The second-order valence-corrected chi connectivity index (χ2v) is 9.58. The number of rotatable bonds is 6. The van der Waals surface area contributed by atoms with Crippen molar-refractivity contribution in [1.29, 1.82) is 0 Å². The van der Waals surface area contributed by atoms with Crippen LogP contribution in [0.5, 0.6) is 0 Å². The maximum Gasteiger partial charge on any atom is 0.416 e. The number of carbonyl (C=O) groups is 2. The Morgan fingerprint density at radius 1 is 1.09 bits per heavy atom. The van der Waals surface area contributed by atoms with E-state index in [2.05, 4.69) is 10.6 Å². The zero-order valence-electron chi connectivity index (χ0n) is 18.9. The predicted molar refractivity (Wildman–Crippen MR) is 125 cm³/mol. The molecule has 0 radical (unpaired) electrons. The molecule has 0 spiro atoms. The fourth-order valence-corrected chi connectivity index (χ4v) is 4.89. The van der Waals surface area contributed by atoms with Crippen LogP contribution in [0.25, 0.3) is 0 Å². The van der Waals surface area contributed by atoms with E-state index in [-0.39, 0.29) is 30.1 Å². The largest absolute Gasteiger partial charge is 0.416 e. The van der Waals surface area contributed by atoms with E-state index in [0.717, 1.165) is 23.8 Å². The molecule has 0 bridgehead atoms. The van der Waals surface area contributed by atoms with Crippen LogP contribution >= 0.6 is 11.6 Å².